The minimum Gasteiger partial charge on any atom is -0.495 e. The second-order valence-electron chi connectivity index (χ2n) is 6.62. The maximum atomic E-state index is 13.0. The topological polar surface area (TPSA) is 69.6 Å². The van der Waals surface area contributed by atoms with E-state index in [1.54, 1.807) is 24.4 Å². The van der Waals surface area contributed by atoms with E-state index in [0.717, 1.165) is 30.5 Å². The summed E-state index contributed by atoms with van der Waals surface area (Å²) in [6, 6.07) is 8.79. The highest BCUT2D eigenvalue weighted by molar-refractivity contribution is 6.32. The van der Waals surface area contributed by atoms with Crippen molar-refractivity contribution in [3.05, 3.63) is 62.9 Å². The summed E-state index contributed by atoms with van der Waals surface area (Å²) >= 11 is 6.11. The number of ether oxygens (including phenoxy) is 2. The van der Waals surface area contributed by atoms with Gasteiger partial charge in [0.05, 0.1) is 30.4 Å². The van der Waals surface area contributed by atoms with E-state index in [0.29, 0.717) is 27.6 Å². The van der Waals surface area contributed by atoms with Crippen LogP contribution in [0, 0.1) is 0 Å². The number of carbonyl (C=O) groups is 1. The Labute approximate surface area is 166 Å². The Bertz CT molecular complexity index is 1150. The Balaban J connectivity index is 1.79. The number of halogens is 1. The number of nitrogens with zero attached hydrogens (tertiary/aromatic N) is 1. The van der Waals surface area contributed by atoms with Crippen LogP contribution >= 0.6 is 11.6 Å². The van der Waals surface area contributed by atoms with Gasteiger partial charge in [0.2, 0.25) is 5.43 Å². The van der Waals surface area contributed by atoms with Crippen molar-refractivity contribution in [3.8, 4) is 11.5 Å². The van der Waals surface area contributed by atoms with Crippen LogP contribution in [0.4, 0.5) is 5.69 Å². The van der Waals surface area contributed by atoms with E-state index >= 15 is 0 Å². The van der Waals surface area contributed by atoms with Gasteiger partial charge in [0.15, 0.2) is 0 Å². The van der Waals surface area contributed by atoms with Crippen LogP contribution in [0.1, 0.15) is 22.3 Å². The maximum Gasteiger partial charge on any atom is 0.261 e. The summed E-state index contributed by atoms with van der Waals surface area (Å²) in [7, 11) is 2.96. The standard InChI is InChI=1S/C21H19ClN2O4/c1-27-17-10-16(18(28-2)9-15(17)22)23-21(26)14-11-24-8-4-6-12-5-3-7-13(19(12)24)20(14)25/h3,5,7,9-11H,4,6,8H2,1-2H3,(H,23,26). The van der Waals surface area contributed by atoms with Crippen LogP contribution in [0.5, 0.6) is 11.5 Å². The van der Waals surface area contributed by atoms with E-state index in [2.05, 4.69) is 5.32 Å². The van der Waals surface area contributed by atoms with E-state index in [1.807, 2.05) is 16.7 Å². The number of methoxy groups -OCH3 is 2. The molecule has 6 nitrogen and oxygen atoms in total. The molecule has 0 radical (unpaired) electrons. The molecule has 7 heteroatoms. The number of hydrogen-bond acceptors (Lipinski definition) is 4. The molecule has 4 rings (SSSR count). The summed E-state index contributed by atoms with van der Waals surface area (Å²) in [4.78, 5) is 25.9. The molecule has 1 N–H and O–H groups in total. The number of carbonyl (C=O) groups excluding carboxylic acids is 1. The molecule has 0 saturated carbocycles. The van der Waals surface area contributed by atoms with Crippen LogP contribution in [-0.4, -0.2) is 24.7 Å². The van der Waals surface area contributed by atoms with Crippen LogP contribution in [0.3, 0.4) is 0 Å². The number of hydrogen-bond donors (Lipinski definition) is 1. The lowest BCUT2D eigenvalue weighted by Gasteiger charge is -2.20. The van der Waals surface area contributed by atoms with Crippen LogP contribution < -0.4 is 20.2 Å². The molecule has 0 fully saturated rings. The number of aryl methyl sites for hydroxylation is 2. The Morgan fingerprint density at radius 3 is 2.71 bits per heavy atom. The second-order valence-corrected chi connectivity index (χ2v) is 7.03. The summed E-state index contributed by atoms with van der Waals surface area (Å²) in [6.07, 6.45) is 3.55. The van der Waals surface area contributed by atoms with Gasteiger partial charge in [-0.1, -0.05) is 23.7 Å². The number of pyridine rings is 1. The second kappa shape index (κ2) is 7.20. The minimum atomic E-state index is -0.505. The van der Waals surface area contributed by atoms with Gasteiger partial charge in [0.1, 0.15) is 17.1 Å². The summed E-state index contributed by atoms with van der Waals surface area (Å²) in [5, 5.41) is 3.68. The molecule has 28 heavy (non-hydrogen) atoms. The minimum absolute atomic E-state index is 0.0857. The predicted octanol–water partition coefficient (Wildman–Crippen LogP) is 3.87. The highest BCUT2D eigenvalue weighted by Gasteiger charge is 2.21. The molecule has 1 aliphatic rings. The zero-order valence-corrected chi connectivity index (χ0v) is 16.3. The van der Waals surface area contributed by atoms with E-state index in [9.17, 15) is 9.59 Å². The number of nitrogens with one attached hydrogen (secondary N) is 1. The van der Waals surface area contributed by atoms with Crippen molar-refractivity contribution in [1.29, 1.82) is 0 Å². The molecule has 3 aromatic rings. The van der Waals surface area contributed by atoms with Crippen molar-refractivity contribution < 1.29 is 14.3 Å². The zero-order chi connectivity index (χ0) is 19.8. The van der Waals surface area contributed by atoms with Crippen molar-refractivity contribution in [1.82, 2.24) is 4.57 Å². The number of para-hydroxylation sites is 1. The van der Waals surface area contributed by atoms with Gasteiger partial charge in [-0.05, 0) is 24.5 Å². The van der Waals surface area contributed by atoms with Crippen molar-refractivity contribution in [2.24, 2.45) is 0 Å². The normalized spacial score (nSPS) is 12.7. The molecule has 2 heterocycles. The third kappa shape index (κ3) is 2.99. The van der Waals surface area contributed by atoms with Gasteiger partial charge >= 0.3 is 0 Å². The lowest BCUT2D eigenvalue weighted by molar-refractivity contribution is 0.102. The van der Waals surface area contributed by atoms with Crippen LogP contribution in [0.25, 0.3) is 10.9 Å². The molecule has 0 bridgehead atoms. The first kappa shape index (κ1) is 18.4. The first-order chi connectivity index (χ1) is 13.5. The van der Waals surface area contributed by atoms with Gasteiger partial charge in [-0.2, -0.15) is 0 Å². The molecule has 1 aromatic heterocycles. The molecule has 1 amide bonds. The van der Waals surface area contributed by atoms with Crippen molar-refractivity contribution in [2.45, 2.75) is 19.4 Å². The van der Waals surface area contributed by atoms with Crippen molar-refractivity contribution in [2.75, 3.05) is 19.5 Å². The van der Waals surface area contributed by atoms with E-state index in [4.69, 9.17) is 21.1 Å². The van der Waals surface area contributed by atoms with E-state index < -0.39 is 5.91 Å². The molecular formula is C21H19ClN2O4. The number of aromatic nitrogens is 1. The van der Waals surface area contributed by atoms with Gasteiger partial charge < -0.3 is 19.4 Å². The molecule has 144 valence electrons. The van der Waals surface area contributed by atoms with Crippen LogP contribution in [0.2, 0.25) is 5.02 Å². The monoisotopic (exact) mass is 398 g/mol. The van der Waals surface area contributed by atoms with E-state index in [1.165, 1.54) is 14.2 Å². The smallest absolute Gasteiger partial charge is 0.261 e. The van der Waals surface area contributed by atoms with Crippen molar-refractivity contribution >= 4 is 34.1 Å². The van der Waals surface area contributed by atoms with Gasteiger partial charge in [0.25, 0.3) is 5.91 Å². The Kier molecular flexibility index (Phi) is 4.73. The molecule has 0 spiro atoms. The lowest BCUT2D eigenvalue weighted by Crippen LogP contribution is -2.25. The molecule has 0 atom stereocenters. The van der Waals surface area contributed by atoms with Gasteiger partial charge in [-0.3, -0.25) is 9.59 Å². The van der Waals surface area contributed by atoms with Crippen LogP contribution in [0.15, 0.2) is 41.3 Å². The number of anilines is 1. The average molecular weight is 399 g/mol. The fourth-order valence-electron chi connectivity index (χ4n) is 3.67. The summed E-state index contributed by atoms with van der Waals surface area (Å²) in [5.41, 5.74) is 2.23. The van der Waals surface area contributed by atoms with E-state index in [-0.39, 0.29) is 11.0 Å². The lowest BCUT2D eigenvalue weighted by atomic mass is 9.99. The largest absolute Gasteiger partial charge is 0.495 e. The van der Waals surface area contributed by atoms with Crippen molar-refractivity contribution in [3.63, 3.8) is 0 Å². The summed E-state index contributed by atoms with van der Waals surface area (Å²) in [6.45, 7) is 0.770. The van der Waals surface area contributed by atoms with Gasteiger partial charge in [-0.15, -0.1) is 0 Å². The van der Waals surface area contributed by atoms with Gasteiger partial charge in [0, 0.05) is 30.3 Å². The third-order valence-corrected chi connectivity index (χ3v) is 5.29. The summed E-state index contributed by atoms with van der Waals surface area (Å²) < 4.78 is 12.5. The molecule has 1 aliphatic heterocycles. The highest BCUT2D eigenvalue weighted by atomic mass is 35.5. The maximum absolute atomic E-state index is 13.0. The Morgan fingerprint density at radius 1 is 1.18 bits per heavy atom. The fourth-order valence-corrected chi connectivity index (χ4v) is 3.90. The summed E-state index contributed by atoms with van der Waals surface area (Å²) in [5.74, 6) is 0.269. The zero-order valence-electron chi connectivity index (χ0n) is 15.5. The average Bonchev–Trinajstić information content (AvgIpc) is 2.71. The fraction of sp³-hybridized carbons (Fsp3) is 0.238. The number of rotatable bonds is 4. The SMILES string of the molecule is COc1cc(NC(=O)c2cn3c4c(cccc4c2=O)CCC3)c(OC)cc1Cl. The first-order valence-corrected chi connectivity index (χ1v) is 9.29. The predicted molar refractivity (Wildman–Crippen MR) is 109 cm³/mol. The molecule has 0 unspecified atom stereocenters. The highest BCUT2D eigenvalue weighted by Crippen LogP contribution is 2.36. The van der Waals surface area contributed by atoms with Gasteiger partial charge in [-0.25, -0.2) is 0 Å². The Morgan fingerprint density at radius 2 is 1.96 bits per heavy atom. The number of benzene rings is 2. The molecule has 2 aromatic carbocycles. The molecule has 0 aliphatic carbocycles. The third-order valence-electron chi connectivity index (χ3n) is 4.99. The number of amides is 1. The van der Waals surface area contributed by atoms with Crippen LogP contribution in [-0.2, 0) is 13.0 Å². The molecular weight excluding hydrogens is 380 g/mol. The quantitative estimate of drug-likeness (QED) is 0.724. The molecule has 0 saturated heterocycles. The first-order valence-electron chi connectivity index (χ1n) is 8.91. The Hall–Kier alpha value is -2.99.